The summed E-state index contributed by atoms with van der Waals surface area (Å²) in [6, 6.07) is 29.1. The topological polar surface area (TPSA) is 112 Å². The number of rotatable bonds is 12. The number of azide groups is 1. The summed E-state index contributed by atoms with van der Waals surface area (Å²) in [5.74, 6) is -0.531. The first-order valence-electron chi connectivity index (χ1n) is 12.4. The fourth-order valence-electron chi connectivity index (χ4n) is 4.27. The molecule has 1 fully saturated rings. The van der Waals surface area contributed by atoms with Crippen LogP contribution < -0.4 is 0 Å². The van der Waals surface area contributed by atoms with Crippen molar-refractivity contribution in [1.82, 2.24) is 0 Å². The van der Waals surface area contributed by atoms with E-state index < -0.39 is 36.7 Å². The zero-order chi connectivity index (χ0) is 26.6. The van der Waals surface area contributed by atoms with Crippen LogP contribution in [0, 0.1) is 0 Å². The largest absolute Gasteiger partial charge is 0.433 e. The number of benzene rings is 3. The smallest absolute Gasteiger partial charge is 0.305 e. The van der Waals surface area contributed by atoms with E-state index in [1.165, 1.54) is 6.92 Å². The van der Waals surface area contributed by atoms with Crippen molar-refractivity contribution in [1.29, 1.82) is 0 Å². The van der Waals surface area contributed by atoms with Crippen molar-refractivity contribution in [2.45, 2.75) is 57.5 Å². The van der Waals surface area contributed by atoms with Gasteiger partial charge in [-0.25, -0.2) is 0 Å². The molecule has 9 nitrogen and oxygen atoms in total. The minimum Gasteiger partial charge on any atom is -0.433 e. The second-order valence-corrected chi connectivity index (χ2v) is 8.85. The van der Waals surface area contributed by atoms with Gasteiger partial charge in [-0.05, 0) is 22.2 Å². The third-order valence-corrected chi connectivity index (χ3v) is 6.05. The number of esters is 1. The molecular formula is C29H31N3O6. The van der Waals surface area contributed by atoms with Crippen LogP contribution in [0.1, 0.15) is 23.6 Å². The van der Waals surface area contributed by atoms with Crippen molar-refractivity contribution < 1.29 is 28.5 Å². The molecule has 0 spiro atoms. The van der Waals surface area contributed by atoms with Gasteiger partial charge in [0.25, 0.3) is 0 Å². The van der Waals surface area contributed by atoms with Gasteiger partial charge in [0.2, 0.25) is 6.29 Å². The van der Waals surface area contributed by atoms with Crippen LogP contribution >= 0.6 is 0 Å². The highest BCUT2D eigenvalue weighted by Gasteiger charge is 2.49. The van der Waals surface area contributed by atoms with Gasteiger partial charge in [0.1, 0.15) is 18.3 Å². The maximum atomic E-state index is 12.0. The summed E-state index contributed by atoms with van der Waals surface area (Å²) < 4.78 is 30.8. The SMILES string of the molecule is CC(=O)O[C@H]1O[C@H](CN=[N+]=[N-])[C@@H](OCc2ccccc2)[C@H](OCc2ccccc2)[C@H]1OCc1ccccc1. The average Bonchev–Trinajstić information content (AvgIpc) is 2.95. The Morgan fingerprint density at radius 2 is 1.21 bits per heavy atom. The van der Waals surface area contributed by atoms with E-state index >= 15 is 0 Å². The van der Waals surface area contributed by atoms with E-state index in [0.717, 1.165) is 16.7 Å². The van der Waals surface area contributed by atoms with Crippen LogP contribution in [-0.4, -0.2) is 43.2 Å². The monoisotopic (exact) mass is 517 g/mol. The van der Waals surface area contributed by atoms with Gasteiger partial charge in [-0.15, -0.1) is 0 Å². The zero-order valence-electron chi connectivity index (χ0n) is 21.2. The molecule has 0 aliphatic carbocycles. The van der Waals surface area contributed by atoms with E-state index in [1.807, 2.05) is 91.0 Å². The van der Waals surface area contributed by atoms with Gasteiger partial charge < -0.3 is 23.7 Å². The number of hydrogen-bond acceptors (Lipinski definition) is 7. The van der Waals surface area contributed by atoms with Gasteiger partial charge in [0.05, 0.1) is 32.5 Å². The van der Waals surface area contributed by atoms with E-state index in [2.05, 4.69) is 10.0 Å². The molecule has 0 aromatic heterocycles. The first-order chi connectivity index (χ1) is 18.6. The summed E-state index contributed by atoms with van der Waals surface area (Å²) in [6.07, 6.45) is -4.04. The van der Waals surface area contributed by atoms with Crippen LogP contribution in [0.25, 0.3) is 10.4 Å². The van der Waals surface area contributed by atoms with Crippen molar-refractivity contribution in [2.24, 2.45) is 5.11 Å². The van der Waals surface area contributed by atoms with Crippen molar-refractivity contribution >= 4 is 5.97 Å². The van der Waals surface area contributed by atoms with Crippen molar-refractivity contribution in [3.8, 4) is 0 Å². The molecule has 198 valence electrons. The molecule has 5 atom stereocenters. The van der Waals surface area contributed by atoms with Gasteiger partial charge >= 0.3 is 5.97 Å². The second kappa shape index (κ2) is 14.3. The number of hydrogen-bond donors (Lipinski definition) is 0. The Morgan fingerprint density at radius 3 is 1.66 bits per heavy atom. The highest BCUT2D eigenvalue weighted by Crippen LogP contribution is 2.31. The summed E-state index contributed by atoms with van der Waals surface area (Å²) in [5.41, 5.74) is 11.9. The number of ether oxygens (including phenoxy) is 5. The predicted molar refractivity (Wildman–Crippen MR) is 139 cm³/mol. The number of carbonyl (C=O) groups excluding carboxylic acids is 1. The Bertz CT molecular complexity index is 1120. The van der Waals surface area contributed by atoms with Crippen LogP contribution in [-0.2, 0) is 48.3 Å². The molecule has 0 saturated carbocycles. The fraction of sp³-hybridized carbons (Fsp3) is 0.345. The highest BCUT2D eigenvalue weighted by molar-refractivity contribution is 5.66. The molecule has 1 aliphatic heterocycles. The summed E-state index contributed by atoms with van der Waals surface area (Å²) in [4.78, 5) is 14.9. The first kappa shape index (κ1) is 27.3. The lowest BCUT2D eigenvalue weighted by Gasteiger charge is -2.45. The zero-order valence-corrected chi connectivity index (χ0v) is 21.2. The summed E-state index contributed by atoms with van der Waals surface area (Å²) in [5, 5.41) is 3.72. The molecule has 0 bridgehead atoms. The molecule has 3 aromatic carbocycles. The van der Waals surface area contributed by atoms with Crippen LogP contribution in [0.15, 0.2) is 96.1 Å². The van der Waals surface area contributed by atoms with Crippen molar-refractivity contribution in [3.63, 3.8) is 0 Å². The second-order valence-electron chi connectivity index (χ2n) is 8.85. The molecule has 4 rings (SSSR count). The molecule has 0 N–H and O–H groups in total. The molecule has 1 saturated heterocycles. The average molecular weight is 518 g/mol. The van der Waals surface area contributed by atoms with Crippen LogP contribution in [0.5, 0.6) is 0 Å². The Kier molecular flexibility index (Phi) is 10.3. The highest BCUT2D eigenvalue weighted by atomic mass is 16.7. The first-order valence-corrected chi connectivity index (χ1v) is 12.4. The Labute approximate surface area is 221 Å². The molecule has 1 heterocycles. The predicted octanol–water partition coefficient (Wildman–Crippen LogP) is 5.34. The minimum atomic E-state index is -1.09. The van der Waals surface area contributed by atoms with E-state index in [-0.39, 0.29) is 26.4 Å². The van der Waals surface area contributed by atoms with E-state index in [9.17, 15) is 4.79 Å². The van der Waals surface area contributed by atoms with Crippen LogP contribution in [0.2, 0.25) is 0 Å². The lowest BCUT2D eigenvalue weighted by molar-refractivity contribution is -0.312. The Hall–Kier alpha value is -3.72. The normalized spacial score (nSPS) is 22.8. The van der Waals surface area contributed by atoms with Crippen molar-refractivity contribution in [3.05, 3.63) is 118 Å². The number of carbonyl (C=O) groups is 1. The molecular weight excluding hydrogens is 486 g/mol. The third-order valence-electron chi connectivity index (χ3n) is 6.05. The molecule has 9 heteroatoms. The minimum absolute atomic E-state index is 0.0374. The van der Waals surface area contributed by atoms with E-state index in [0.29, 0.717) is 0 Å². The molecule has 0 unspecified atom stereocenters. The molecule has 38 heavy (non-hydrogen) atoms. The lowest BCUT2D eigenvalue weighted by Crippen LogP contribution is -2.61. The molecule has 0 amide bonds. The summed E-state index contributed by atoms with van der Waals surface area (Å²) >= 11 is 0. The van der Waals surface area contributed by atoms with E-state index in [1.54, 1.807) is 0 Å². The fourth-order valence-corrected chi connectivity index (χ4v) is 4.27. The maximum absolute atomic E-state index is 12.0. The third kappa shape index (κ3) is 7.89. The Morgan fingerprint density at radius 1 is 0.763 bits per heavy atom. The summed E-state index contributed by atoms with van der Waals surface area (Å²) in [6.45, 7) is 2.05. The maximum Gasteiger partial charge on any atom is 0.305 e. The lowest BCUT2D eigenvalue weighted by atomic mass is 9.97. The van der Waals surface area contributed by atoms with Gasteiger partial charge in [0, 0.05) is 11.8 Å². The van der Waals surface area contributed by atoms with Gasteiger partial charge in [-0.3, -0.25) is 4.79 Å². The van der Waals surface area contributed by atoms with Gasteiger partial charge in [0.15, 0.2) is 0 Å². The molecule has 3 aromatic rings. The molecule has 1 aliphatic rings. The van der Waals surface area contributed by atoms with Crippen molar-refractivity contribution in [2.75, 3.05) is 6.54 Å². The number of nitrogens with zero attached hydrogens (tertiary/aromatic N) is 3. The van der Waals surface area contributed by atoms with Gasteiger partial charge in [-0.2, -0.15) is 0 Å². The molecule has 0 radical (unpaired) electrons. The standard InChI is InChI=1S/C29H31N3O6/c1-21(33)37-29-28(36-20-24-15-9-4-10-16-24)27(35-19-23-13-7-3-8-14-23)26(25(38-29)17-31-32-30)34-18-22-11-5-2-6-12-22/h2-16,25-29H,17-20H2,1H3/t25-,26-,27+,28-,29+/m1/s1. The van der Waals surface area contributed by atoms with Crippen LogP contribution in [0.3, 0.4) is 0 Å². The quantitative estimate of drug-likeness (QED) is 0.139. The Balaban J connectivity index is 1.64. The summed E-state index contributed by atoms with van der Waals surface area (Å²) in [7, 11) is 0. The van der Waals surface area contributed by atoms with Crippen LogP contribution in [0.4, 0.5) is 0 Å². The van der Waals surface area contributed by atoms with Gasteiger partial charge in [-0.1, -0.05) is 96.1 Å². The van der Waals surface area contributed by atoms with E-state index in [4.69, 9.17) is 29.2 Å².